The summed E-state index contributed by atoms with van der Waals surface area (Å²) in [6, 6.07) is 10.2. The van der Waals surface area contributed by atoms with E-state index in [1.54, 1.807) is 6.20 Å². The lowest BCUT2D eigenvalue weighted by atomic mass is 9.96. The highest BCUT2D eigenvalue weighted by atomic mass is 16.1. The molecule has 1 aliphatic heterocycles. The number of rotatable bonds is 7. The van der Waals surface area contributed by atoms with Crippen LogP contribution in [0, 0.1) is 5.92 Å². The molecule has 1 aromatic carbocycles. The predicted octanol–water partition coefficient (Wildman–Crippen LogP) is 2.61. The fourth-order valence-corrected chi connectivity index (χ4v) is 3.52. The molecule has 1 atom stereocenters. The Hall–Kier alpha value is -2.14. The summed E-state index contributed by atoms with van der Waals surface area (Å²) in [7, 11) is 0. The largest absolute Gasteiger partial charge is 0.352 e. The van der Waals surface area contributed by atoms with E-state index in [2.05, 4.69) is 34.8 Å². The van der Waals surface area contributed by atoms with Crippen LogP contribution in [0.15, 0.2) is 36.5 Å². The van der Waals surface area contributed by atoms with E-state index in [9.17, 15) is 4.79 Å². The van der Waals surface area contributed by atoms with Crippen LogP contribution in [0.2, 0.25) is 0 Å². The van der Waals surface area contributed by atoms with Crippen molar-refractivity contribution >= 4 is 5.91 Å². The third kappa shape index (κ3) is 4.69. The molecule has 2 N–H and O–H groups in total. The molecule has 3 rings (SSSR count). The molecule has 25 heavy (non-hydrogen) atoms. The number of carbonyl (C=O) groups excluding carboxylic acids is 1. The maximum atomic E-state index is 12.6. The first kappa shape index (κ1) is 17.7. The van der Waals surface area contributed by atoms with Gasteiger partial charge in [-0.3, -0.25) is 9.48 Å². The Morgan fingerprint density at radius 3 is 2.92 bits per heavy atom. The number of nitrogens with zero attached hydrogens (tertiary/aromatic N) is 2. The minimum absolute atomic E-state index is 0.0000645. The van der Waals surface area contributed by atoms with E-state index in [1.807, 2.05) is 22.9 Å². The molecule has 2 aromatic rings. The lowest BCUT2D eigenvalue weighted by Crippen LogP contribution is -2.33. The summed E-state index contributed by atoms with van der Waals surface area (Å²) in [6.45, 7) is 5.71. The summed E-state index contributed by atoms with van der Waals surface area (Å²) >= 11 is 0. The second-order valence-corrected chi connectivity index (χ2v) is 6.76. The van der Waals surface area contributed by atoms with E-state index in [4.69, 9.17) is 0 Å². The van der Waals surface area contributed by atoms with Crippen molar-refractivity contribution in [2.75, 3.05) is 19.6 Å². The number of benzene rings is 1. The Morgan fingerprint density at radius 2 is 2.20 bits per heavy atom. The van der Waals surface area contributed by atoms with Crippen molar-refractivity contribution in [3.05, 3.63) is 53.3 Å². The fourth-order valence-electron chi connectivity index (χ4n) is 3.52. The predicted molar refractivity (Wildman–Crippen MR) is 99.7 cm³/mol. The van der Waals surface area contributed by atoms with Crippen LogP contribution in [-0.2, 0) is 13.0 Å². The molecule has 134 valence electrons. The van der Waals surface area contributed by atoms with Gasteiger partial charge >= 0.3 is 0 Å². The maximum Gasteiger partial charge on any atom is 0.254 e. The van der Waals surface area contributed by atoms with Gasteiger partial charge in [0, 0.05) is 6.54 Å². The van der Waals surface area contributed by atoms with Crippen molar-refractivity contribution in [2.24, 2.45) is 5.92 Å². The van der Waals surface area contributed by atoms with Crippen LogP contribution < -0.4 is 10.6 Å². The Kier molecular flexibility index (Phi) is 6.23. The maximum absolute atomic E-state index is 12.6. The minimum atomic E-state index is -0.0000645. The highest BCUT2D eigenvalue weighted by Gasteiger charge is 2.17. The molecule has 0 aliphatic carbocycles. The van der Waals surface area contributed by atoms with Crippen LogP contribution in [0.4, 0.5) is 0 Å². The van der Waals surface area contributed by atoms with Crippen molar-refractivity contribution in [3.63, 3.8) is 0 Å². The summed E-state index contributed by atoms with van der Waals surface area (Å²) in [6.07, 6.45) is 6.04. The van der Waals surface area contributed by atoms with Gasteiger partial charge in [-0.15, -0.1) is 0 Å². The van der Waals surface area contributed by atoms with Gasteiger partial charge < -0.3 is 10.6 Å². The number of aromatic nitrogens is 2. The average molecular weight is 340 g/mol. The van der Waals surface area contributed by atoms with Crippen LogP contribution >= 0.6 is 0 Å². The molecule has 1 amide bonds. The molecule has 5 nitrogen and oxygen atoms in total. The molecule has 0 radical (unpaired) electrons. The molecule has 1 unspecified atom stereocenters. The van der Waals surface area contributed by atoms with E-state index < -0.39 is 0 Å². The molecule has 2 heterocycles. The summed E-state index contributed by atoms with van der Waals surface area (Å²) < 4.78 is 1.94. The highest BCUT2D eigenvalue weighted by molar-refractivity contribution is 5.95. The fraction of sp³-hybridized carbons (Fsp3) is 0.500. The number of nitrogens with one attached hydrogen (secondary N) is 2. The summed E-state index contributed by atoms with van der Waals surface area (Å²) in [5, 5.41) is 10.9. The van der Waals surface area contributed by atoms with Crippen molar-refractivity contribution in [3.8, 4) is 0 Å². The molecule has 0 bridgehead atoms. The molecule has 1 aliphatic rings. The standard InChI is InChI=1S/C20H28N4O/c1-2-19-18(14-23-24(19)15-17-7-4-3-5-8-17)20(25)22-12-10-16-9-6-11-21-13-16/h3-5,7-8,14,16,21H,2,6,9-13,15H2,1H3,(H,22,25). The van der Waals surface area contributed by atoms with Crippen molar-refractivity contribution < 1.29 is 4.79 Å². The normalized spacial score (nSPS) is 17.4. The third-order valence-electron chi connectivity index (χ3n) is 4.94. The Labute approximate surface area is 149 Å². The first-order valence-corrected chi connectivity index (χ1v) is 9.35. The quantitative estimate of drug-likeness (QED) is 0.814. The summed E-state index contributed by atoms with van der Waals surface area (Å²) in [4.78, 5) is 12.6. The number of piperidine rings is 1. The van der Waals surface area contributed by atoms with E-state index in [1.165, 1.54) is 18.4 Å². The average Bonchev–Trinajstić information content (AvgIpc) is 3.06. The van der Waals surface area contributed by atoms with Crippen LogP contribution in [0.1, 0.15) is 47.8 Å². The molecule has 0 saturated carbocycles. The Morgan fingerprint density at radius 1 is 1.36 bits per heavy atom. The first-order chi connectivity index (χ1) is 12.3. The zero-order valence-electron chi connectivity index (χ0n) is 15.0. The molecule has 1 saturated heterocycles. The van der Waals surface area contributed by atoms with Gasteiger partial charge in [-0.2, -0.15) is 5.10 Å². The first-order valence-electron chi connectivity index (χ1n) is 9.35. The van der Waals surface area contributed by atoms with Gasteiger partial charge in [-0.1, -0.05) is 37.3 Å². The van der Waals surface area contributed by atoms with Crippen LogP contribution in [0.5, 0.6) is 0 Å². The SMILES string of the molecule is CCc1c(C(=O)NCCC2CCCNC2)cnn1Cc1ccccc1. The molecule has 1 fully saturated rings. The minimum Gasteiger partial charge on any atom is -0.352 e. The van der Waals surface area contributed by atoms with Gasteiger partial charge in [0.1, 0.15) is 0 Å². The van der Waals surface area contributed by atoms with Gasteiger partial charge in [0.05, 0.1) is 24.0 Å². The van der Waals surface area contributed by atoms with Gasteiger partial charge in [0.25, 0.3) is 5.91 Å². The number of amides is 1. The van der Waals surface area contributed by atoms with E-state index in [-0.39, 0.29) is 5.91 Å². The second kappa shape index (κ2) is 8.81. The van der Waals surface area contributed by atoms with Crippen molar-refractivity contribution in [1.29, 1.82) is 0 Å². The molecule has 5 heteroatoms. The van der Waals surface area contributed by atoms with Crippen LogP contribution in [0.3, 0.4) is 0 Å². The van der Waals surface area contributed by atoms with Crippen molar-refractivity contribution in [1.82, 2.24) is 20.4 Å². The zero-order chi connectivity index (χ0) is 17.5. The zero-order valence-corrected chi connectivity index (χ0v) is 15.0. The highest BCUT2D eigenvalue weighted by Crippen LogP contribution is 2.14. The van der Waals surface area contributed by atoms with Crippen molar-refractivity contribution in [2.45, 2.75) is 39.2 Å². The van der Waals surface area contributed by atoms with Crippen LogP contribution in [-0.4, -0.2) is 35.3 Å². The van der Waals surface area contributed by atoms with E-state index in [0.29, 0.717) is 18.0 Å². The lowest BCUT2D eigenvalue weighted by molar-refractivity contribution is 0.0949. The summed E-state index contributed by atoms with van der Waals surface area (Å²) in [5.74, 6) is 0.681. The molecule has 0 spiro atoms. The third-order valence-corrected chi connectivity index (χ3v) is 4.94. The number of hydrogen-bond acceptors (Lipinski definition) is 3. The number of hydrogen-bond donors (Lipinski definition) is 2. The topological polar surface area (TPSA) is 59.0 Å². The van der Waals surface area contributed by atoms with E-state index in [0.717, 1.165) is 38.2 Å². The van der Waals surface area contributed by atoms with E-state index >= 15 is 0 Å². The second-order valence-electron chi connectivity index (χ2n) is 6.76. The molecule has 1 aromatic heterocycles. The monoisotopic (exact) mass is 340 g/mol. The Bertz CT molecular complexity index is 674. The van der Waals surface area contributed by atoms with Gasteiger partial charge in [0.15, 0.2) is 0 Å². The van der Waals surface area contributed by atoms with Gasteiger partial charge in [-0.25, -0.2) is 0 Å². The molecular formula is C20H28N4O. The molecular weight excluding hydrogens is 312 g/mol. The van der Waals surface area contributed by atoms with Gasteiger partial charge in [0.2, 0.25) is 0 Å². The Balaban J connectivity index is 1.58. The number of carbonyl (C=O) groups is 1. The lowest BCUT2D eigenvalue weighted by Gasteiger charge is -2.22. The summed E-state index contributed by atoms with van der Waals surface area (Å²) in [5.41, 5.74) is 2.90. The smallest absolute Gasteiger partial charge is 0.254 e. The van der Waals surface area contributed by atoms with Crippen LogP contribution in [0.25, 0.3) is 0 Å². The van der Waals surface area contributed by atoms with Gasteiger partial charge in [-0.05, 0) is 50.3 Å².